The fourth-order valence-electron chi connectivity index (χ4n) is 15.1. The minimum atomic E-state index is -1.86. The Hall–Kier alpha value is -14.8. The first kappa shape index (κ1) is 107. The van der Waals surface area contributed by atoms with E-state index in [1.54, 1.807) is 42.7 Å². The number of halogens is 7. The fraction of sp³-hybridized carbons (Fsp3) is 0.273. The lowest BCUT2D eigenvalue weighted by molar-refractivity contribution is -0.384. The molecule has 2 aliphatic carbocycles. The number of nitrogens with zero attached hydrogens (tertiary/aromatic N) is 19. The molecule has 4 aliphatic rings. The molecule has 6 atom stereocenters. The van der Waals surface area contributed by atoms with Crippen LogP contribution in [0.15, 0.2) is 283 Å². The molecule has 5 N–H and O–H groups in total. The zero-order valence-corrected chi connectivity index (χ0v) is 86.9. The summed E-state index contributed by atoms with van der Waals surface area (Å²) in [6, 6.07) is 74.0. The van der Waals surface area contributed by atoms with Crippen molar-refractivity contribution in [2.24, 2.45) is 31.3 Å². The number of pyridine rings is 1. The van der Waals surface area contributed by atoms with Gasteiger partial charge in [-0.05, 0) is 136 Å². The number of nitrogens with one attached hydrogen (secondary N) is 3. The van der Waals surface area contributed by atoms with Gasteiger partial charge in [0.1, 0.15) is 23.5 Å². The Morgan fingerprint density at radius 2 is 0.919 bits per heavy atom. The SMILES string of the molecule is C.CC(C)(C)CNc1nncc2c(Cl)cc(N)cc12.CC(C)(C)CNc1nncc2c(Cl)cc([N+](=O)[O-])cc12.O=[N+]([O-])c1cc(Cl)c2cnnc(Cl)c2c1.[2H]C(C#C)(OC(C)=O)c1ccccc1Cl.[2H][C@](Cc1cc(Cl)c2cnnc(NCC(C)(C)C)c2c1)(c1cn(C2CC2)nn1)c1ccccc1Cl.[N-]=[N+]=NC1CC1.c1ccc([C@H]2OC(c3cccc(C4=N[C@@H](c5ccccc5)[C@@H](c5ccccc5)O4)n3)=N[C@H]2c2ccccc2)cc1. The summed E-state index contributed by atoms with van der Waals surface area (Å²) in [6.45, 7) is 22.5. The highest BCUT2D eigenvalue weighted by molar-refractivity contribution is 6.39. The maximum absolute atomic E-state index is 10.9. The number of non-ortho nitro benzene ring substituents is 2. The Morgan fingerprint density at radius 1 is 0.520 bits per heavy atom. The predicted molar refractivity (Wildman–Crippen MR) is 590 cm³/mol. The van der Waals surface area contributed by atoms with E-state index in [4.69, 9.17) is 129 Å². The van der Waals surface area contributed by atoms with E-state index in [0.29, 0.717) is 123 Å². The molecule has 31 nitrogen and oxygen atoms in total. The zero-order valence-electron chi connectivity index (χ0n) is 83.6. The van der Waals surface area contributed by atoms with Crippen LogP contribution < -0.4 is 21.7 Å². The number of nitro groups is 2. The molecule has 16 aromatic rings. The molecule has 148 heavy (non-hydrogen) atoms. The van der Waals surface area contributed by atoms with Crippen LogP contribution in [0.2, 0.25) is 35.3 Å². The number of benzene rings is 10. The van der Waals surface area contributed by atoms with E-state index in [-0.39, 0.29) is 75.1 Å². The van der Waals surface area contributed by atoms with Crippen LogP contribution in [-0.4, -0.2) is 114 Å². The molecule has 6 aromatic heterocycles. The summed E-state index contributed by atoms with van der Waals surface area (Å²) in [5.41, 5.74) is 22.3. The van der Waals surface area contributed by atoms with E-state index in [1.165, 1.54) is 43.6 Å². The van der Waals surface area contributed by atoms with Gasteiger partial charge >= 0.3 is 5.97 Å². The number of hydrogen-bond acceptors (Lipinski definition) is 26. The van der Waals surface area contributed by atoms with Crippen molar-refractivity contribution in [3.8, 4) is 12.3 Å². The van der Waals surface area contributed by atoms with Crippen LogP contribution >= 0.6 is 81.2 Å². The second kappa shape index (κ2) is 50.5. The monoisotopic (exact) mass is 2130 g/mol. The molecule has 0 saturated heterocycles. The first-order chi connectivity index (χ1) is 71.1. The molecule has 2 aliphatic heterocycles. The van der Waals surface area contributed by atoms with Gasteiger partial charge in [0.15, 0.2) is 40.9 Å². The summed E-state index contributed by atoms with van der Waals surface area (Å²) < 4.78 is 37.1. The summed E-state index contributed by atoms with van der Waals surface area (Å²) in [6.07, 6.45) is 15.7. The Balaban J connectivity index is 0.000000154. The molecule has 38 heteroatoms. The lowest BCUT2D eigenvalue weighted by Crippen LogP contribution is -2.20. The third kappa shape index (κ3) is 30.2. The molecule has 0 amide bonds. The summed E-state index contributed by atoms with van der Waals surface area (Å²) in [5.74, 6) is 3.16. The second-order valence-corrected chi connectivity index (χ2v) is 40.9. The molecule has 0 bridgehead atoms. The van der Waals surface area contributed by atoms with Gasteiger partial charge in [-0.3, -0.25) is 25.0 Å². The standard InChI is InChI=1S/C35H27N3O2.C26H28Cl2N6.C13H15ClN4O2.C13H17ClN4.C11H9ClO2.C8H3Cl2N3O2.C3H5N3.CH4/c1-5-14-24(15-6-1)30-32(26-18-9-3-10-19-26)39-34(37-30)28-22-13-23-29(36-28)35-38-31(25-16-7-2-8-17-25)33(40-35)27-20-11-4-12-21-27;1-26(2,3)15-29-25-20-11-16(12-23(28)21(20)13-30-32-25)10-19(18-6-4-5-7-22(18)27)24-14-34(33-31-24)17-8-9-17;1-13(2,3)7-15-12-9-4-8(18(19)20)5-11(14)10(9)6-16-17-12;1-13(2,3)7-16-12-9-4-8(15)5-11(14)10(9)6-17-18-12;1-3-11(14-8(2)13)9-6-4-5-7-10(9)12;9-7-2-4(13(14)15)1-5-6(7)3-11-12-8(5)10;4-6-5-3-1-2-3;/h1-23,30-33H;4-7,11-14,17,19H,8-10,15H2,1-3H3,(H,29,32);4-6H,7H2,1-3H3,(H,15,17);4-6H,7,15H2,1-3H3,(H,16,18);1,4-7,11H,2H3;1-3H;3H,1-2H2;1H4/t30-,31-,32+,33+;19-;;;;;;/m01....../s1/i;19D;;;11D;;;. The van der Waals surface area contributed by atoms with E-state index >= 15 is 0 Å². The number of anilines is 4. The maximum Gasteiger partial charge on any atom is 0.304 e. The van der Waals surface area contributed by atoms with E-state index in [0.717, 1.165) is 94.0 Å². The van der Waals surface area contributed by atoms with Gasteiger partial charge in [-0.2, -0.15) is 20.4 Å². The van der Waals surface area contributed by atoms with Crippen LogP contribution in [0, 0.1) is 48.8 Å². The number of nitrogen functional groups attached to an aromatic ring is 1. The summed E-state index contributed by atoms with van der Waals surface area (Å²) in [4.78, 5) is 48.9. The molecule has 0 spiro atoms. The largest absolute Gasteiger partial charge is 0.465 e. The number of hydrogen-bond donors (Lipinski definition) is 4. The van der Waals surface area contributed by atoms with Crippen molar-refractivity contribution in [1.29, 1.82) is 0 Å². The van der Waals surface area contributed by atoms with Crippen LogP contribution in [0.1, 0.15) is 203 Å². The summed E-state index contributed by atoms with van der Waals surface area (Å²) in [7, 11) is 0. The van der Waals surface area contributed by atoms with E-state index in [2.05, 4.69) is 194 Å². The van der Waals surface area contributed by atoms with Gasteiger partial charge in [-0.1, -0.05) is 331 Å². The van der Waals surface area contributed by atoms with Crippen molar-refractivity contribution in [1.82, 2.24) is 60.8 Å². The van der Waals surface area contributed by atoms with Crippen molar-refractivity contribution in [2.75, 3.05) is 41.3 Å². The number of fused-ring (bicyclic) bond motifs is 4. The van der Waals surface area contributed by atoms with Crippen LogP contribution in [0.25, 0.3) is 53.5 Å². The number of aromatic nitrogens is 12. The third-order valence-electron chi connectivity index (χ3n) is 22.6. The normalized spacial score (nSPS) is 15.9. The molecule has 1 unspecified atom stereocenters. The number of carbonyl (C=O) groups excluding carboxylic acids is 1. The van der Waals surface area contributed by atoms with E-state index in [1.807, 2.05) is 144 Å². The topological polar surface area (TPSA) is 413 Å². The number of azide groups is 1. The smallest absolute Gasteiger partial charge is 0.304 e. The molecule has 2 fully saturated rings. The Kier molecular flexibility index (Phi) is 36.7. The van der Waals surface area contributed by atoms with Gasteiger partial charge in [0, 0.05) is 140 Å². The number of aliphatic imine (C=N–C) groups is 2. The number of nitrogens with two attached hydrogens (primary N) is 1. The molecular weight excluding hydrogens is 2020 g/mol. The highest BCUT2D eigenvalue weighted by Crippen LogP contribution is 2.46. The Morgan fingerprint density at radius 3 is 1.33 bits per heavy atom. The van der Waals surface area contributed by atoms with E-state index in [9.17, 15) is 26.4 Å². The number of rotatable bonds is 22. The average molecular weight is 2130 g/mol. The fourth-order valence-corrected chi connectivity index (χ4v) is 16.8. The molecule has 10 aromatic carbocycles. The summed E-state index contributed by atoms with van der Waals surface area (Å²) in [5, 5.41) is 83.4. The van der Waals surface area contributed by atoms with Crippen LogP contribution in [-0.2, 0) is 25.4 Å². The average Bonchev–Trinajstić information content (AvgIpc) is 1.41. The number of ether oxygens (including phenoxy) is 3. The lowest BCUT2D eigenvalue weighted by atomic mass is 9.89. The molecule has 8 heterocycles. The third-order valence-corrected chi connectivity index (χ3v) is 24.8. The van der Waals surface area contributed by atoms with E-state index < -0.39 is 27.8 Å². The van der Waals surface area contributed by atoms with Gasteiger partial charge in [0.2, 0.25) is 11.8 Å². The second-order valence-electron chi connectivity index (χ2n) is 38.1. The van der Waals surface area contributed by atoms with Crippen molar-refractivity contribution in [2.45, 2.75) is 157 Å². The molecule has 2 saturated carbocycles. The Bertz CT molecular complexity index is 7550. The highest BCUT2D eigenvalue weighted by atomic mass is 35.5. The van der Waals surface area contributed by atoms with Crippen molar-refractivity contribution >= 4 is 177 Å². The van der Waals surface area contributed by atoms with Crippen LogP contribution in [0.5, 0.6) is 0 Å². The number of nitro benzene ring substituents is 2. The number of terminal acetylenes is 1. The van der Waals surface area contributed by atoms with Crippen molar-refractivity contribution in [3.05, 3.63) is 390 Å². The molecule has 760 valence electrons. The van der Waals surface area contributed by atoms with Gasteiger partial charge in [0.05, 0.1) is 67.8 Å². The number of carbonyl (C=O) groups is 1. The highest BCUT2D eigenvalue weighted by Gasteiger charge is 2.38. The van der Waals surface area contributed by atoms with Crippen LogP contribution in [0.4, 0.5) is 34.5 Å². The first-order valence-electron chi connectivity index (χ1n) is 47.6. The lowest BCUT2D eigenvalue weighted by Gasteiger charge is -2.20. The molecule has 0 radical (unpaired) electrons. The van der Waals surface area contributed by atoms with Gasteiger partial charge in [-0.25, -0.2) is 19.7 Å². The minimum absolute atomic E-state index is 0. The van der Waals surface area contributed by atoms with Crippen LogP contribution in [0.3, 0.4) is 0 Å². The van der Waals surface area contributed by atoms with Crippen molar-refractivity contribution in [3.63, 3.8) is 0 Å². The zero-order chi connectivity index (χ0) is 107. The van der Waals surface area contributed by atoms with Gasteiger partial charge in [0.25, 0.3) is 11.4 Å². The predicted octanol–water partition coefficient (Wildman–Crippen LogP) is 28.8. The quantitative estimate of drug-likeness (QED) is 0.00715. The Labute approximate surface area is 894 Å². The van der Waals surface area contributed by atoms with Gasteiger partial charge in [-0.15, -0.1) is 31.9 Å². The summed E-state index contributed by atoms with van der Waals surface area (Å²) >= 11 is 43.0. The minimum Gasteiger partial charge on any atom is -0.465 e. The van der Waals surface area contributed by atoms with Crippen molar-refractivity contribution < 1.29 is 31.6 Å². The molecular formula is C110H108Cl7N23O8. The van der Waals surface area contributed by atoms with Gasteiger partial charge < -0.3 is 35.9 Å². The number of esters is 1. The first-order valence-corrected chi connectivity index (χ1v) is 49.3. The maximum atomic E-state index is 10.9. The molecule has 20 rings (SSSR count).